The molecule has 0 aliphatic rings. The lowest BCUT2D eigenvalue weighted by atomic mass is 10.2. The van der Waals surface area contributed by atoms with Crippen molar-refractivity contribution in [3.05, 3.63) is 30.1 Å². The molecular formula is C14H17FN2O4. The summed E-state index contributed by atoms with van der Waals surface area (Å²) in [6.45, 7) is 0. The molecule has 0 aliphatic carbocycles. The van der Waals surface area contributed by atoms with E-state index in [-0.39, 0.29) is 18.5 Å². The van der Waals surface area contributed by atoms with Crippen LogP contribution in [0, 0.1) is 5.82 Å². The number of carboxylic acid groups (broad SMARTS) is 1. The Kier molecular flexibility index (Phi) is 6.32. The number of hydrogen-bond donors (Lipinski definition) is 2. The number of anilines is 1. The molecule has 6 nitrogen and oxygen atoms in total. The van der Waals surface area contributed by atoms with E-state index in [2.05, 4.69) is 5.32 Å². The smallest absolute Gasteiger partial charge is 0.328 e. The molecule has 0 fully saturated rings. The Bertz CT molecular complexity index is 533. The number of benzene rings is 1. The Hall–Kier alpha value is -2.44. The zero-order valence-electron chi connectivity index (χ0n) is 11.6. The van der Waals surface area contributed by atoms with Crippen LogP contribution in [0.15, 0.2) is 24.3 Å². The first kappa shape index (κ1) is 16.6. The van der Waals surface area contributed by atoms with Crippen LogP contribution in [0.2, 0.25) is 0 Å². The largest absolute Gasteiger partial charge is 0.481 e. The molecule has 0 unspecified atom stereocenters. The summed E-state index contributed by atoms with van der Waals surface area (Å²) in [4.78, 5) is 34.6. The van der Waals surface area contributed by atoms with Crippen molar-refractivity contribution in [2.45, 2.75) is 25.7 Å². The number of imide groups is 1. The summed E-state index contributed by atoms with van der Waals surface area (Å²) in [6.07, 6.45) is 0.759. The van der Waals surface area contributed by atoms with Gasteiger partial charge in [0, 0.05) is 19.9 Å². The number of hydrogen-bond acceptors (Lipinski definition) is 3. The fraction of sp³-hybridized carbons (Fsp3) is 0.357. The van der Waals surface area contributed by atoms with Gasteiger partial charge in [0.15, 0.2) is 0 Å². The summed E-state index contributed by atoms with van der Waals surface area (Å²) >= 11 is 0. The molecule has 0 radical (unpaired) electrons. The molecule has 2 N–H and O–H groups in total. The van der Waals surface area contributed by atoms with E-state index < -0.39 is 23.7 Å². The summed E-state index contributed by atoms with van der Waals surface area (Å²) in [5.74, 6) is -2.01. The molecule has 0 saturated carbocycles. The molecule has 0 spiro atoms. The van der Waals surface area contributed by atoms with Crippen LogP contribution in [-0.4, -0.2) is 30.1 Å². The fourth-order valence-electron chi connectivity index (χ4n) is 1.66. The van der Waals surface area contributed by atoms with Crippen molar-refractivity contribution >= 4 is 23.6 Å². The van der Waals surface area contributed by atoms with Crippen LogP contribution >= 0.6 is 0 Å². The van der Waals surface area contributed by atoms with Gasteiger partial charge in [0.25, 0.3) is 0 Å². The molecule has 7 heteroatoms. The van der Waals surface area contributed by atoms with Gasteiger partial charge in [0.1, 0.15) is 5.82 Å². The summed E-state index contributed by atoms with van der Waals surface area (Å²) in [5.41, 5.74) is 0.0636. The minimum atomic E-state index is -0.925. The van der Waals surface area contributed by atoms with Crippen LogP contribution in [0.5, 0.6) is 0 Å². The first-order valence-electron chi connectivity index (χ1n) is 6.45. The minimum absolute atomic E-state index is 0.0175. The normalized spacial score (nSPS) is 10.0. The summed E-state index contributed by atoms with van der Waals surface area (Å²) < 4.78 is 13.5. The number of urea groups is 1. The average molecular weight is 296 g/mol. The highest BCUT2D eigenvalue weighted by molar-refractivity contribution is 6.02. The summed E-state index contributed by atoms with van der Waals surface area (Å²) in [6, 6.07) is 4.98. The standard InChI is InChI=1S/C14H17FN2O4/c1-17(11-7-3-2-6-10(11)15)14(21)16-12(18)8-4-5-9-13(19)20/h2-3,6-7H,4-5,8-9H2,1H3,(H,19,20)(H,16,18,21). The van der Waals surface area contributed by atoms with Crippen molar-refractivity contribution in [3.8, 4) is 0 Å². The van der Waals surface area contributed by atoms with E-state index in [1.807, 2.05) is 0 Å². The van der Waals surface area contributed by atoms with Crippen LogP contribution in [0.3, 0.4) is 0 Å². The van der Waals surface area contributed by atoms with Crippen molar-refractivity contribution in [1.82, 2.24) is 5.32 Å². The second kappa shape index (κ2) is 7.98. The number of rotatable bonds is 6. The van der Waals surface area contributed by atoms with Crippen molar-refractivity contribution in [3.63, 3.8) is 0 Å². The molecule has 3 amide bonds. The SMILES string of the molecule is CN(C(=O)NC(=O)CCCCC(=O)O)c1ccccc1F. The molecule has 1 rings (SSSR count). The second-order valence-electron chi connectivity index (χ2n) is 4.46. The molecule has 0 bridgehead atoms. The van der Waals surface area contributed by atoms with Gasteiger partial charge in [-0.15, -0.1) is 0 Å². The van der Waals surface area contributed by atoms with Crippen molar-refractivity contribution < 1.29 is 23.9 Å². The molecular weight excluding hydrogens is 279 g/mol. The molecule has 0 heterocycles. The highest BCUT2D eigenvalue weighted by atomic mass is 19.1. The lowest BCUT2D eigenvalue weighted by Crippen LogP contribution is -2.41. The van der Waals surface area contributed by atoms with Gasteiger partial charge in [-0.2, -0.15) is 0 Å². The number of para-hydroxylation sites is 1. The van der Waals surface area contributed by atoms with Crippen molar-refractivity contribution in [2.75, 3.05) is 11.9 Å². The average Bonchev–Trinajstić information content (AvgIpc) is 2.43. The van der Waals surface area contributed by atoms with Crippen LogP contribution < -0.4 is 10.2 Å². The van der Waals surface area contributed by atoms with Gasteiger partial charge in [-0.1, -0.05) is 12.1 Å². The quantitative estimate of drug-likeness (QED) is 0.787. The highest BCUT2D eigenvalue weighted by Gasteiger charge is 2.16. The lowest BCUT2D eigenvalue weighted by molar-refractivity contribution is -0.137. The third-order valence-corrected chi connectivity index (χ3v) is 2.81. The Morgan fingerprint density at radius 2 is 1.81 bits per heavy atom. The molecule has 0 atom stereocenters. The van der Waals surface area contributed by atoms with E-state index in [1.165, 1.54) is 25.2 Å². The molecule has 1 aromatic carbocycles. The molecule has 0 saturated heterocycles. The number of carbonyl (C=O) groups excluding carboxylic acids is 2. The Morgan fingerprint density at radius 3 is 2.43 bits per heavy atom. The molecule has 21 heavy (non-hydrogen) atoms. The third-order valence-electron chi connectivity index (χ3n) is 2.81. The monoisotopic (exact) mass is 296 g/mol. The maximum absolute atomic E-state index is 13.5. The van der Waals surface area contributed by atoms with E-state index in [0.717, 1.165) is 4.90 Å². The topological polar surface area (TPSA) is 86.7 Å². The van der Waals surface area contributed by atoms with Crippen LogP contribution in [0.4, 0.5) is 14.9 Å². The van der Waals surface area contributed by atoms with E-state index in [1.54, 1.807) is 6.07 Å². The maximum atomic E-state index is 13.5. The van der Waals surface area contributed by atoms with E-state index in [9.17, 15) is 18.8 Å². The maximum Gasteiger partial charge on any atom is 0.328 e. The number of carboxylic acids is 1. The third kappa shape index (κ3) is 5.60. The van der Waals surface area contributed by atoms with E-state index in [4.69, 9.17) is 5.11 Å². The van der Waals surface area contributed by atoms with E-state index >= 15 is 0 Å². The molecule has 0 aromatic heterocycles. The zero-order valence-corrected chi connectivity index (χ0v) is 11.6. The van der Waals surface area contributed by atoms with E-state index in [0.29, 0.717) is 12.8 Å². The number of nitrogens with one attached hydrogen (secondary N) is 1. The van der Waals surface area contributed by atoms with Crippen LogP contribution in [0.25, 0.3) is 0 Å². The second-order valence-corrected chi connectivity index (χ2v) is 4.46. The van der Waals surface area contributed by atoms with Crippen molar-refractivity contribution in [2.24, 2.45) is 0 Å². The Morgan fingerprint density at radius 1 is 1.19 bits per heavy atom. The predicted octanol–water partition coefficient (Wildman–Crippen LogP) is 2.14. The minimum Gasteiger partial charge on any atom is -0.481 e. The zero-order chi connectivity index (χ0) is 15.8. The summed E-state index contributed by atoms with van der Waals surface area (Å²) in [7, 11) is 1.35. The number of carbonyl (C=O) groups is 3. The van der Waals surface area contributed by atoms with Gasteiger partial charge in [-0.3, -0.25) is 19.8 Å². The number of halogens is 1. The number of aliphatic carboxylic acids is 1. The Balaban J connectivity index is 2.44. The van der Waals surface area contributed by atoms with Gasteiger partial charge in [-0.25, -0.2) is 9.18 Å². The van der Waals surface area contributed by atoms with Gasteiger partial charge >= 0.3 is 12.0 Å². The highest BCUT2D eigenvalue weighted by Crippen LogP contribution is 2.16. The fourth-order valence-corrected chi connectivity index (χ4v) is 1.66. The summed E-state index contributed by atoms with van der Waals surface area (Å²) in [5, 5.41) is 10.6. The number of amides is 3. The van der Waals surface area contributed by atoms with Crippen LogP contribution in [0.1, 0.15) is 25.7 Å². The molecule has 1 aromatic rings. The van der Waals surface area contributed by atoms with Crippen LogP contribution in [-0.2, 0) is 9.59 Å². The van der Waals surface area contributed by atoms with Gasteiger partial charge in [0.05, 0.1) is 5.69 Å². The lowest BCUT2D eigenvalue weighted by Gasteiger charge is -2.17. The predicted molar refractivity (Wildman–Crippen MR) is 74.4 cm³/mol. The van der Waals surface area contributed by atoms with Gasteiger partial charge in [0.2, 0.25) is 5.91 Å². The number of nitrogens with zero attached hydrogens (tertiary/aromatic N) is 1. The molecule has 0 aliphatic heterocycles. The van der Waals surface area contributed by atoms with Gasteiger partial charge in [-0.05, 0) is 25.0 Å². The van der Waals surface area contributed by atoms with Crippen molar-refractivity contribution in [1.29, 1.82) is 0 Å². The Labute approximate surface area is 121 Å². The first-order valence-corrected chi connectivity index (χ1v) is 6.45. The first-order chi connectivity index (χ1) is 9.91. The number of unbranched alkanes of at least 4 members (excludes halogenated alkanes) is 1. The molecule has 114 valence electrons. The van der Waals surface area contributed by atoms with Gasteiger partial charge < -0.3 is 5.11 Å².